The zero-order chi connectivity index (χ0) is 17.2. The lowest BCUT2D eigenvalue weighted by Crippen LogP contribution is -2.46. The number of fused-ring (bicyclic) bond motifs is 1. The van der Waals surface area contributed by atoms with Crippen LogP contribution in [0.1, 0.15) is 29.7 Å². The van der Waals surface area contributed by atoms with E-state index >= 15 is 0 Å². The maximum atomic E-state index is 13.1. The Labute approximate surface area is 148 Å². The van der Waals surface area contributed by atoms with Gasteiger partial charge in [-0.05, 0) is 49.4 Å². The molecule has 3 heterocycles. The lowest BCUT2D eigenvalue weighted by Gasteiger charge is -2.37. The molecule has 0 spiro atoms. The Hall–Kier alpha value is -2.43. The van der Waals surface area contributed by atoms with Gasteiger partial charge < -0.3 is 9.80 Å². The summed E-state index contributed by atoms with van der Waals surface area (Å²) in [7, 11) is 0. The minimum absolute atomic E-state index is 0.0575. The summed E-state index contributed by atoms with van der Waals surface area (Å²) < 4.78 is 0. The Morgan fingerprint density at radius 1 is 1.08 bits per heavy atom. The van der Waals surface area contributed by atoms with Crippen molar-refractivity contribution in [3.05, 3.63) is 53.2 Å². The molecule has 4 rings (SSSR count). The predicted molar refractivity (Wildman–Crippen MR) is 97.3 cm³/mol. The van der Waals surface area contributed by atoms with Crippen LogP contribution in [-0.4, -0.2) is 40.6 Å². The normalized spacial score (nSPS) is 20.3. The number of carbonyl (C=O) groups is 1. The van der Waals surface area contributed by atoms with Crippen LogP contribution in [0, 0.1) is 12.8 Å². The highest BCUT2D eigenvalue weighted by molar-refractivity contribution is 5.80. The van der Waals surface area contributed by atoms with Crippen molar-refractivity contribution in [2.75, 3.05) is 24.5 Å². The maximum absolute atomic E-state index is 13.1. The quantitative estimate of drug-likeness (QED) is 0.846. The minimum Gasteiger partial charge on any atom is -0.354 e. The number of benzene rings is 1. The molecule has 5 heteroatoms. The van der Waals surface area contributed by atoms with E-state index in [0.29, 0.717) is 5.91 Å². The van der Waals surface area contributed by atoms with E-state index in [0.717, 1.165) is 57.0 Å². The zero-order valence-corrected chi connectivity index (χ0v) is 14.7. The molecule has 1 unspecified atom stereocenters. The third kappa shape index (κ3) is 3.36. The third-order valence-electron chi connectivity index (χ3n) is 5.32. The van der Waals surface area contributed by atoms with Crippen LogP contribution < -0.4 is 4.90 Å². The largest absolute Gasteiger partial charge is 0.354 e. The van der Waals surface area contributed by atoms with Gasteiger partial charge in [0.1, 0.15) is 0 Å². The molecule has 1 aromatic heterocycles. The van der Waals surface area contributed by atoms with Gasteiger partial charge in [0.15, 0.2) is 5.82 Å². The maximum Gasteiger partial charge on any atom is 0.227 e. The monoisotopic (exact) mass is 336 g/mol. The molecule has 1 atom stereocenters. The van der Waals surface area contributed by atoms with Crippen molar-refractivity contribution in [2.45, 2.75) is 32.7 Å². The lowest BCUT2D eigenvalue weighted by atomic mass is 9.94. The topological polar surface area (TPSA) is 49.3 Å². The van der Waals surface area contributed by atoms with E-state index < -0.39 is 0 Å². The second kappa shape index (κ2) is 6.82. The highest BCUT2D eigenvalue weighted by Gasteiger charge is 2.31. The fourth-order valence-electron chi connectivity index (χ4n) is 3.89. The molecule has 1 saturated heterocycles. The van der Waals surface area contributed by atoms with Gasteiger partial charge >= 0.3 is 0 Å². The summed E-state index contributed by atoms with van der Waals surface area (Å²) in [6.07, 6.45) is 2.95. The molecule has 2 aliphatic rings. The van der Waals surface area contributed by atoms with E-state index in [1.165, 1.54) is 11.1 Å². The molecule has 0 aliphatic carbocycles. The number of nitrogens with zero attached hydrogens (tertiary/aromatic N) is 4. The van der Waals surface area contributed by atoms with Gasteiger partial charge in [-0.2, -0.15) is 5.10 Å². The molecule has 0 saturated carbocycles. The number of amides is 1. The van der Waals surface area contributed by atoms with Crippen molar-refractivity contribution >= 4 is 11.7 Å². The van der Waals surface area contributed by atoms with Crippen LogP contribution in [0.3, 0.4) is 0 Å². The molecule has 25 heavy (non-hydrogen) atoms. The number of piperidine rings is 1. The van der Waals surface area contributed by atoms with E-state index in [1.54, 1.807) is 0 Å². The second-order valence-corrected chi connectivity index (χ2v) is 7.10. The summed E-state index contributed by atoms with van der Waals surface area (Å²) in [4.78, 5) is 17.3. The summed E-state index contributed by atoms with van der Waals surface area (Å²) in [6, 6.07) is 12.4. The van der Waals surface area contributed by atoms with Crippen LogP contribution in [0.5, 0.6) is 0 Å². The van der Waals surface area contributed by atoms with Crippen molar-refractivity contribution in [1.82, 2.24) is 15.1 Å². The molecule has 0 radical (unpaired) electrons. The van der Waals surface area contributed by atoms with E-state index in [1.807, 2.05) is 24.0 Å². The van der Waals surface area contributed by atoms with Crippen LogP contribution in [-0.2, 0) is 17.8 Å². The fraction of sp³-hybridized carbons (Fsp3) is 0.450. The molecule has 0 bridgehead atoms. The van der Waals surface area contributed by atoms with E-state index in [2.05, 4.69) is 39.4 Å². The number of aryl methyl sites for hydroxylation is 1. The minimum atomic E-state index is 0.0575. The SMILES string of the molecule is Cc1ccc(N2CCCC(C(=O)N3CCc4ccccc4C3)C2)nn1. The van der Waals surface area contributed by atoms with Crippen LogP contribution in [0.4, 0.5) is 5.82 Å². The zero-order valence-electron chi connectivity index (χ0n) is 14.7. The summed E-state index contributed by atoms with van der Waals surface area (Å²) >= 11 is 0. The van der Waals surface area contributed by atoms with Crippen LogP contribution >= 0.6 is 0 Å². The summed E-state index contributed by atoms with van der Waals surface area (Å²) in [6.45, 7) is 5.21. The van der Waals surface area contributed by atoms with Crippen LogP contribution in [0.2, 0.25) is 0 Å². The summed E-state index contributed by atoms with van der Waals surface area (Å²) in [5.74, 6) is 1.23. The Morgan fingerprint density at radius 2 is 1.92 bits per heavy atom. The molecule has 1 aromatic carbocycles. The second-order valence-electron chi connectivity index (χ2n) is 7.10. The van der Waals surface area contributed by atoms with Crippen molar-refractivity contribution in [3.8, 4) is 0 Å². The highest BCUT2D eigenvalue weighted by Crippen LogP contribution is 2.26. The van der Waals surface area contributed by atoms with Gasteiger partial charge in [0.25, 0.3) is 0 Å². The van der Waals surface area contributed by atoms with Crippen molar-refractivity contribution in [1.29, 1.82) is 0 Å². The standard InChI is InChI=1S/C20H24N4O/c1-15-8-9-19(22-21-15)23-11-4-7-18(14-23)20(25)24-12-10-16-5-2-3-6-17(16)13-24/h2-3,5-6,8-9,18H,4,7,10-14H2,1H3. The molecular formula is C20H24N4O. The molecule has 0 N–H and O–H groups in total. The van der Waals surface area contributed by atoms with Gasteiger partial charge in [0.05, 0.1) is 11.6 Å². The van der Waals surface area contributed by atoms with E-state index in [4.69, 9.17) is 0 Å². The number of carbonyl (C=O) groups excluding carboxylic acids is 1. The third-order valence-corrected chi connectivity index (χ3v) is 5.32. The first kappa shape index (κ1) is 16.1. The van der Waals surface area contributed by atoms with Crippen molar-refractivity contribution in [3.63, 3.8) is 0 Å². The number of aromatic nitrogens is 2. The first-order chi connectivity index (χ1) is 12.2. The van der Waals surface area contributed by atoms with Crippen molar-refractivity contribution < 1.29 is 4.79 Å². The summed E-state index contributed by atoms with van der Waals surface area (Å²) in [5.41, 5.74) is 3.59. The van der Waals surface area contributed by atoms with Gasteiger partial charge in [0, 0.05) is 26.2 Å². The molecule has 2 aliphatic heterocycles. The van der Waals surface area contributed by atoms with Crippen LogP contribution in [0.15, 0.2) is 36.4 Å². The molecule has 130 valence electrons. The highest BCUT2D eigenvalue weighted by atomic mass is 16.2. The molecule has 2 aromatic rings. The number of anilines is 1. The first-order valence-electron chi connectivity index (χ1n) is 9.11. The van der Waals surface area contributed by atoms with Gasteiger partial charge in [-0.15, -0.1) is 5.10 Å². The Bertz CT molecular complexity index is 759. The van der Waals surface area contributed by atoms with Gasteiger partial charge in [-0.25, -0.2) is 0 Å². The molecule has 1 amide bonds. The average molecular weight is 336 g/mol. The van der Waals surface area contributed by atoms with Gasteiger partial charge in [-0.1, -0.05) is 24.3 Å². The van der Waals surface area contributed by atoms with Gasteiger partial charge in [0.2, 0.25) is 5.91 Å². The van der Waals surface area contributed by atoms with E-state index in [-0.39, 0.29) is 5.92 Å². The molecule has 1 fully saturated rings. The molecule has 5 nitrogen and oxygen atoms in total. The summed E-state index contributed by atoms with van der Waals surface area (Å²) in [5, 5.41) is 8.44. The Morgan fingerprint density at radius 3 is 2.72 bits per heavy atom. The predicted octanol–water partition coefficient (Wildman–Crippen LogP) is 2.59. The molecular weight excluding hydrogens is 312 g/mol. The Kier molecular flexibility index (Phi) is 4.38. The average Bonchev–Trinajstić information content (AvgIpc) is 2.68. The lowest BCUT2D eigenvalue weighted by molar-refractivity contribution is -0.136. The smallest absolute Gasteiger partial charge is 0.227 e. The van der Waals surface area contributed by atoms with Crippen molar-refractivity contribution in [2.24, 2.45) is 5.92 Å². The van der Waals surface area contributed by atoms with E-state index in [9.17, 15) is 4.79 Å². The van der Waals surface area contributed by atoms with Gasteiger partial charge in [-0.3, -0.25) is 4.79 Å². The number of hydrogen-bond donors (Lipinski definition) is 0. The number of rotatable bonds is 2. The number of hydrogen-bond acceptors (Lipinski definition) is 4. The fourth-order valence-corrected chi connectivity index (χ4v) is 3.89. The first-order valence-corrected chi connectivity index (χ1v) is 9.11. The van der Waals surface area contributed by atoms with Crippen LogP contribution in [0.25, 0.3) is 0 Å². The Balaban J connectivity index is 1.44.